The summed E-state index contributed by atoms with van der Waals surface area (Å²) < 4.78 is 19.0. The van der Waals surface area contributed by atoms with Crippen LogP contribution in [0.1, 0.15) is 43.5 Å². The number of hydrogen-bond acceptors (Lipinski definition) is 3. The van der Waals surface area contributed by atoms with Crippen LogP contribution < -0.4 is 28.0 Å². The van der Waals surface area contributed by atoms with E-state index in [-0.39, 0.29) is 34.8 Å². The molecule has 0 saturated heterocycles. The monoisotopic (exact) mass is 391 g/mol. The molecule has 1 aromatic rings. The number of carbonyl (C=O) groups excluding carboxylic acids is 2. The lowest BCUT2D eigenvalue weighted by molar-refractivity contribution is -0.465. The van der Waals surface area contributed by atoms with E-state index in [9.17, 15) is 14.0 Å². The summed E-state index contributed by atoms with van der Waals surface area (Å²) in [6.07, 6.45) is 2.40. The molecule has 138 valence electrons. The van der Waals surface area contributed by atoms with Crippen molar-refractivity contribution in [3.8, 4) is 0 Å². The van der Waals surface area contributed by atoms with E-state index in [0.29, 0.717) is 5.84 Å². The van der Waals surface area contributed by atoms with Crippen LogP contribution in [0.2, 0.25) is 5.02 Å². The Kier molecular flexibility index (Phi) is 8.12. The average Bonchev–Trinajstić information content (AvgIpc) is 2.50. The lowest BCUT2D eigenvalue weighted by Crippen LogP contribution is -3.00. The lowest BCUT2D eigenvalue weighted by atomic mass is 10.2. The summed E-state index contributed by atoms with van der Waals surface area (Å²) in [5.74, 6) is -0.729. The second kappa shape index (κ2) is 9.58. The zero-order valence-electron chi connectivity index (χ0n) is 13.9. The molecule has 0 aromatic heterocycles. The maximum Gasteiger partial charge on any atom is 0.410 e. The number of ether oxygens (including phenoxy) is 1. The fourth-order valence-corrected chi connectivity index (χ4v) is 2.46. The van der Waals surface area contributed by atoms with Crippen LogP contribution in [-0.4, -0.2) is 30.5 Å². The molecule has 0 radical (unpaired) electrons. The highest BCUT2D eigenvalue weighted by Crippen LogP contribution is 2.25. The van der Waals surface area contributed by atoms with Crippen molar-refractivity contribution in [1.82, 2.24) is 5.32 Å². The maximum atomic E-state index is 14.0. The highest BCUT2D eigenvalue weighted by Gasteiger charge is 2.21. The van der Waals surface area contributed by atoms with Crippen LogP contribution in [0.25, 0.3) is 0 Å². The van der Waals surface area contributed by atoms with Crippen molar-refractivity contribution in [2.24, 2.45) is 0 Å². The molecule has 3 N–H and O–H groups in total. The average molecular weight is 392 g/mol. The molecule has 0 fully saturated rings. The summed E-state index contributed by atoms with van der Waals surface area (Å²) in [5.41, 5.74) is -0.158. The summed E-state index contributed by atoms with van der Waals surface area (Å²) in [4.78, 5) is 27.0. The number of carbonyl (C=O) groups is 2. The van der Waals surface area contributed by atoms with Gasteiger partial charge in [0.15, 0.2) is 0 Å². The molecule has 1 aliphatic heterocycles. The summed E-state index contributed by atoms with van der Waals surface area (Å²) in [7, 11) is 0. The molecular formula is C16H20Cl2FN3O3. The van der Waals surface area contributed by atoms with Gasteiger partial charge < -0.3 is 17.1 Å². The number of anilines is 1. The Bertz CT molecular complexity index is 681. The van der Waals surface area contributed by atoms with Crippen LogP contribution in [0.15, 0.2) is 12.1 Å². The number of nitrogens with one attached hydrogen (secondary N) is 3. The van der Waals surface area contributed by atoms with E-state index in [1.54, 1.807) is 13.8 Å². The zero-order chi connectivity index (χ0) is 17.7. The van der Waals surface area contributed by atoms with Gasteiger partial charge in [0.05, 0.1) is 28.9 Å². The predicted octanol–water partition coefficient (Wildman–Crippen LogP) is -1.17. The van der Waals surface area contributed by atoms with Gasteiger partial charge in [0.1, 0.15) is 5.82 Å². The molecule has 9 heteroatoms. The summed E-state index contributed by atoms with van der Waals surface area (Å²) >= 11 is 5.89. The first kappa shape index (κ1) is 21.2. The van der Waals surface area contributed by atoms with Gasteiger partial charge in [-0.25, -0.2) is 14.0 Å². The second-order valence-corrected chi connectivity index (χ2v) is 6.11. The van der Waals surface area contributed by atoms with Crippen molar-refractivity contribution in [2.75, 3.05) is 11.9 Å². The Morgan fingerprint density at radius 2 is 2.00 bits per heavy atom. The summed E-state index contributed by atoms with van der Waals surface area (Å²) in [5, 5.41) is 4.93. The van der Waals surface area contributed by atoms with E-state index in [1.165, 1.54) is 6.07 Å². The van der Waals surface area contributed by atoms with Gasteiger partial charge in [-0.1, -0.05) is 11.6 Å². The molecule has 1 aliphatic rings. The third kappa shape index (κ3) is 6.17. The van der Waals surface area contributed by atoms with E-state index in [4.69, 9.17) is 16.3 Å². The normalized spacial score (nSPS) is 13.6. The maximum absolute atomic E-state index is 14.0. The molecule has 0 aliphatic carbocycles. The minimum atomic E-state index is -0.738. The third-order valence-corrected chi connectivity index (χ3v) is 3.64. The van der Waals surface area contributed by atoms with Gasteiger partial charge >= 0.3 is 12.0 Å². The smallest absolute Gasteiger partial charge is 0.410 e. The molecule has 0 bridgehead atoms. The van der Waals surface area contributed by atoms with E-state index in [0.717, 1.165) is 31.9 Å². The number of amidine groups is 1. The molecule has 1 heterocycles. The highest BCUT2D eigenvalue weighted by molar-refractivity contribution is 6.33. The van der Waals surface area contributed by atoms with Crippen molar-refractivity contribution in [3.05, 3.63) is 28.5 Å². The molecule has 2 amide bonds. The Morgan fingerprint density at radius 3 is 2.60 bits per heavy atom. The first-order valence-electron chi connectivity index (χ1n) is 7.74. The fraction of sp³-hybridized carbons (Fsp3) is 0.438. The fourth-order valence-electron chi connectivity index (χ4n) is 2.23. The molecule has 0 spiro atoms. The van der Waals surface area contributed by atoms with Gasteiger partial charge in [-0.2, -0.15) is 5.32 Å². The minimum Gasteiger partial charge on any atom is -1.00 e. The lowest BCUT2D eigenvalue weighted by Gasteiger charge is -2.12. The van der Waals surface area contributed by atoms with Gasteiger partial charge in [-0.3, -0.25) is 10.3 Å². The number of urea groups is 1. The largest absolute Gasteiger partial charge is 1.00 e. The van der Waals surface area contributed by atoms with Crippen molar-refractivity contribution in [2.45, 2.75) is 39.2 Å². The molecular weight excluding hydrogens is 372 g/mol. The van der Waals surface area contributed by atoms with Crippen LogP contribution in [0.5, 0.6) is 0 Å². The molecule has 6 nitrogen and oxygen atoms in total. The number of benzene rings is 1. The Labute approximate surface area is 156 Å². The Hall–Kier alpha value is -1.86. The molecule has 25 heavy (non-hydrogen) atoms. The summed E-state index contributed by atoms with van der Waals surface area (Å²) in [6, 6.07) is 1.55. The molecule has 0 saturated carbocycles. The quantitative estimate of drug-likeness (QED) is 0.568. The topological polar surface area (TPSA) is 81.4 Å². The van der Waals surface area contributed by atoms with Crippen LogP contribution in [0.4, 0.5) is 14.9 Å². The number of hydrogen-bond donors (Lipinski definition) is 3. The third-order valence-electron chi connectivity index (χ3n) is 3.32. The van der Waals surface area contributed by atoms with Gasteiger partial charge in [0.25, 0.3) is 5.84 Å². The first-order valence-corrected chi connectivity index (χ1v) is 8.12. The van der Waals surface area contributed by atoms with Gasteiger partial charge in [-0.15, -0.1) is 0 Å². The minimum absolute atomic E-state index is 0. The van der Waals surface area contributed by atoms with Gasteiger partial charge in [0.2, 0.25) is 0 Å². The first-order chi connectivity index (χ1) is 11.4. The Balaban J connectivity index is 0.00000312. The van der Waals surface area contributed by atoms with Crippen LogP contribution in [-0.2, 0) is 4.74 Å². The standard InChI is InChI=1S/C16H19ClFN3O3.ClH/c1-9(2)24-15(22)10-7-13(12(18)8-11(10)17)20-16(23)21-14-5-3-4-6-19-14;/h7-9H,3-6H2,1-2H3,(H2,19,20,21,23);1H. The van der Waals surface area contributed by atoms with Crippen molar-refractivity contribution < 1.29 is 36.1 Å². The van der Waals surface area contributed by atoms with E-state index in [1.807, 2.05) is 0 Å². The number of rotatable bonds is 3. The molecule has 2 rings (SSSR count). The van der Waals surface area contributed by atoms with Gasteiger partial charge in [-0.05, 0) is 38.8 Å². The Morgan fingerprint density at radius 1 is 1.28 bits per heavy atom. The van der Waals surface area contributed by atoms with Crippen LogP contribution in [0, 0.1) is 5.82 Å². The van der Waals surface area contributed by atoms with Crippen LogP contribution in [0.3, 0.4) is 0 Å². The van der Waals surface area contributed by atoms with E-state index in [2.05, 4.69) is 15.6 Å². The predicted molar refractivity (Wildman–Crippen MR) is 88.8 cm³/mol. The molecule has 0 unspecified atom stereocenters. The van der Waals surface area contributed by atoms with Crippen molar-refractivity contribution in [3.63, 3.8) is 0 Å². The number of halogens is 3. The number of amides is 2. The van der Waals surface area contributed by atoms with Crippen LogP contribution >= 0.6 is 11.6 Å². The zero-order valence-corrected chi connectivity index (χ0v) is 15.4. The van der Waals surface area contributed by atoms with Crippen molar-refractivity contribution >= 4 is 35.1 Å². The van der Waals surface area contributed by atoms with Gasteiger partial charge in [0, 0.05) is 6.42 Å². The van der Waals surface area contributed by atoms with Crippen molar-refractivity contribution in [1.29, 1.82) is 0 Å². The number of esters is 1. The highest BCUT2D eigenvalue weighted by atomic mass is 35.5. The molecule has 0 atom stereocenters. The SMILES string of the molecule is CC(C)OC(=O)c1cc(NC(=O)NC2=[NH+]CCCC2)c(F)cc1Cl.[Cl-]. The molecule has 1 aromatic carbocycles. The summed E-state index contributed by atoms with van der Waals surface area (Å²) in [6.45, 7) is 4.17. The second-order valence-electron chi connectivity index (χ2n) is 5.71. The van der Waals surface area contributed by atoms with E-state index >= 15 is 0 Å². The van der Waals surface area contributed by atoms with E-state index < -0.39 is 17.8 Å².